The Kier molecular flexibility index (Phi) is 4.22. The predicted molar refractivity (Wildman–Crippen MR) is 76.0 cm³/mol. The van der Waals surface area contributed by atoms with Crippen molar-refractivity contribution < 1.29 is 14.2 Å². The average Bonchev–Trinajstić information content (AvgIpc) is 2.36. The summed E-state index contributed by atoms with van der Waals surface area (Å²) >= 11 is 3.34. The van der Waals surface area contributed by atoms with Gasteiger partial charge in [0.1, 0.15) is 5.75 Å². The van der Waals surface area contributed by atoms with Crippen molar-refractivity contribution in [2.75, 3.05) is 0 Å². The van der Waals surface area contributed by atoms with E-state index < -0.39 is 6.10 Å². The molecular weight excluding hydrogens is 311 g/mol. The lowest BCUT2D eigenvalue weighted by Gasteiger charge is -2.14. The second-order valence-corrected chi connectivity index (χ2v) is 5.26. The fraction of sp³-hybridized carbons (Fsp3) is 0.200. The quantitative estimate of drug-likeness (QED) is 0.883. The molecule has 100 valence electrons. The molecule has 0 fully saturated rings. The van der Waals surface area contributed by atoms with E-state index in [-0.39, 0.29) is 11.6 Å². The van der Waals surface area contributed by atoms with Gasteiger partial charge in [-0.2, -0.15) is 0 Å². The minimum absolute atomic E-state index is 0.157. The lowest BCUT2D eigenvalue weighted by molar-refractivity contribution is 0.195. The standard InChI is InChI=1S/C15H14BrFO2/c1-9-4-3-5-14(15(9)17)19-13-7-6-11(16)8-12(13)10(2)18/h3-8,10,18H,1-2H3. The Bertz CT molecular complexity index is 597. The molecule has 0 aliphatic rings. The van der Waals surface area contributed by atoms with E-state index in [4.69, 9.17) is 4.74 Å². The Morgan fingerprint density at radius 3 is 2.63 bits per heavy atom. The Morgan fingerprint density at radius 1 is 1.21 bits per heavy atom. The molecule has 1 unspecified atom stereocenters. The maximum absolute atomic E-state index is 13.9. The summed E-state index contributed by atoms with van der Waals surface area (Å²) in [4.78, 5) is 0. The van der Waals surface area contributed by atoms with Crippen LogP contribution in [-0.4, -0.2) is 5.11 Å². The van der Waals surface area contributed by atoms with Crippen molar-refractivity contribution in [3.8, 4) is 11.5 Å². The predicted octanol–water partition coefficient (Wildman–Crippen LogP) is 4.74. The van der Waals surface area contributed by atoms with E-state index in [2.05, 4.69) is 15.9 Å². The van der Waals surface area contributed by atoms with Gasteiger partial charge in [-0.3, -0.25) is 0 Å². The third kappa shape index (κ3) is 3.14. The van der Waals surface area contributed by atoms with Crippen molar-refractivity contribution in [3.63, 3.8) is 0 Å². The highest BCUT2D eigenvalue weighted by molar-refractivity contribution is 9.10. The summed E-state index contributed by atoms with van der Waals surface area (Å²) in [5, 5.41) is 9.74. The normalized spacial score (nSPS) is 12.3. The van der Waals surface area contributed by atoms with E-state index in [1.165, 1.54) is 0 Å². The van der Waals surface area contributed by atoms with Gasteiger partial charge >= 0.3 is 0 Å². The molecular formula is C15H14BrFO2. The molecule has 19 heavy (non-hydrogen) atoms. The second kappa shape index (κ2) is 5.72. The zero-order valence-electron chi connectivity index (χ0n) is 10.7. The molecule has 0 saturated heterocycles. The van der Waals surface area contributed by atoms with Crippen molar-refractivity contribution in [1.29, 1.82) is 0 Å². The first kappa shape index (κ1) is 14.0. The number of hydrogen-bond acceptors (Lipinski definition) is 2. The molecule has 0 spiro atoms. The first-order chi connectivity index (χ1) is 8.99. The lowest BCUT2D eigenvalue weighted by atomic mass is 10.1. The minimum atomic E-state index is -0.694. The molecule has 2 nitrogen and oxygen atoms in total. The van der Waals surface area contributed by atoms with Gasteiger partial charge in [0.05, 0.1) is 6.10 Å². The van der Waals surface area contributed by atoms with Gasteiger partial charge in [-0.1, -0.05) is 28.1 Å². The number of aliphatic hydroxyl groups is 1. The minimum Gasteiger partial charge on any atom is -0.454 e. The SMILES string of the molecule is Cc1cccc(Oc2ccc(Br)cc2C(C)O)c1F. The van der Waals surface area contributed by atoms with Gasteiger partial charge in [-0.25, -0.2) is 4.39 Å². The third-order valence-electron chi connectivity index (χ3n) is 2.80. The Balaban J connectivity index is 2.41. The molecule has 2 aromatic rings. The van der Waals surface area contributed by atoms with Gasteiger partial charge < -0.3 is 9.84 Å². The number of halogens is 2. The fourth-order valence-electron chi connectivity index (χ4n) is 1.76. The average molecular weight is 325 g/mol. The summed E-state index contributed by atoms with van der Waals surface area (Å²) < 4.78 is 20.3. The van der Waals surface area contributed by atoms with Crippen LogP contribution in [-0.2, 0) is 0 Å². The molecule has 0 saturated carbocycles. The fourth-order valence-corrected chi connectivity index (χ4v) is 2.14. The number of hydrogen-bond donors (Lipinski definition) is 1. The van der Waals surface area contributed by atoms with Crippen molar-refractivity contribution in [1.82, 2.24) is 0 Å². The van der Waals surface area contributed by atoms with Gasteiger partial charge in [0.15, 0.2) is 11.6 Å². The van der Waals surface area contributed by atoms with Crippen molar-refractivity contribution in [3.05, 3.63) is 57.8 Å². The zero-order chi connectivity index (χ0) is 14.0. The Morgan fingerprint density at radius 2 is 1.95 bits per heavy atom. The molecule has 0 amide bonds. The van der Waals surface area contributed by atoms with Gasteiger partial charge in [0, 0.05) is 10.0 Å². The van der Waals surface area contributed by atoms with Crippen LogP contribution in [0.2, 0.25) is 0 Å². The van der Waals surface area contributed by atoms with E-state index in [9.17, 15) is 9.50 Å². The van der Waals surface area contributed by atoms with E-state index >= 15 is 0 Å². The third-order valence-corrected chi connectivity index (χ3v) is 3.29. The first-order valence-electron chi connectivity index (χ1n) is 5.89. The Hall–Kier alpha value is -1.39. The summed E-state index contributed by atoms with van der Waals surface area (Å²) in [7, 11) is 0. The van der Waals surface area contributed by atoms with Crippen molar-refractivity contribution in [2.24, 2.45) is 0 Å². The molecule has 1 N–H and O–H groups in total. The van der Waals surface area contributed by atoms with Gasteiger partial charge in [-0.15, -0.1) is 0 Å². The summed E-state index contributed by atoms with van der Waals surface area (Å²) in [6, 6.07) is 10.2. The van der Waals surface area contributed by atoms with Gasteiger partial charge in [-0.05, 0) is 43.7 Å². The van der Waals surface area contributed by atoms with Gasteiger partial charge in [0.25, 0.3) is 0 Å². The molecule has 4 heteroatoms. The second-order valence-electron chi connectivity index (χ2n) is 4.35. The molecule has 0 aromatic heterocycles. The van der Waals surface area contributed by atoms with E-state index in [1.54, 1.807) is 50.2 Å². The highest BCUT2D eigenvalue weighted by atomic mass is 79.9. The monoisotopic (exact) mass is 324 g/mol. The van der Waals surface area contributed by atoms with Crippen LogP contribution in [0.25, 0.3) is 0 Å². The number of ether oxygens (including phenoxy) is 1. The number of rotatable bonds is 3. The van der Waals surface area contributed by atoms with Crippen LogP contribution in [0, 0.1) is 12.7 Å². The summed E-state index contributed by atoms with van der Waals surface area (Å²) in [5.41, 5.74) is 1.13. The molecule has 0 aliphatic heterocycles. The van der Waals surface area contributed by atoms with Crippen LogP contribution in [0.3, 0.4) is 0 Å². The first-order valence-corrected chi connectivity index (χ1v) is 6.69. The molecule has 0 aliphatic carbocycles. The molecule has 0 bridgehead atoms. The van der Waals surface area contributed by atoms with Crippen LogP contribution in [0.5, 0.6) is 11.5 Å². The summed E-state index contributed by atoms with van der Waals surface area (Å²) in [5.74, 6) is 0.217. The molecule has 0 radical (unpaired) electrons. The van der Waals surface area contributed by atoms with Gasteiger partial charge in [0.2, 0.25) is 0 Å². The molecule has 2 aromatic carbocycles. The van der Waals surface area contributed by atoms with E-state index in [1.807, 2.05) is 0 Å². The smallest absolute Gasteiger partial charge is 0.168 e. The van der Waals surface area contributed by atoms with Crippen LogP contribution in [0.4, 0.5) is 4.39 Å². The number of aryl methyl sites for hydroxylation is 1. The summed E-state index contributed by atoms with van der Waals surface area (Å²) in [6.07, 6.45) is -0.694. The van der Waals surface area contributed by atoms with Crippen LogP contribution in [0.1, 0.15) is 24.2 Å². The number of benzene rings is 2. The maximum Gasteiger partial charge on any atom is 0.168 e. The highest BCUT2D eigenvalue weighted by Crippen LogP contribution is 2.33. The van der Waals surface area contributed by atoms with Crippen LogP contribution < -0.4 is 4.74 Å². The zero-order valence-corrected chi connectivity index (χ0v) is 12.2. The van der Waals surface area contributed by atoms with Crippen LogP contribution >= 0.6 is 15.9 Å². The van der Waals surface area contributed by atoms with E-state index in [0.29, 0.717) is 16.9 Å². The molecule has 0 heterocycles. The largest absolute Gasteiger partial charge is 0.454 e. The van der Waals surface area contributed by atoms with Crippen molar-refractivity contribution in [2.45, 2.75) is 20.0 Å². The Labute approximate surface area is 120 Å². The number of aliphatic hydroxyl groups excluding tert-OH is 1. The molecule has 2 rings (SSSR count). The maximum atomic E-state index is 13.9. The van der Waals surface area contributed by atoms with Crippen molar-refractivity contribution >= 4 is 15.9 Å². The lowest BCUT2D eigenvalue weighted by Crippen LogP contribution is -1.98. The highest BCUT2D eigenvalue weighted by Gasteiger charge is 2.13. The topological polar surface area (TPSA) is 29.5 Å². The summed E-state index contributed by atoms with van der Waals surface area (Å²) in [6.45, 7) is 3.32. The van der Waals surface area contributed by atoms with E-state index in [0.717, 1.165) is 4.47 Å². The molecule has 1 atom stereocenters. The van der Waals surface area contributed by atoms with Crippen LogP contribution in [0.15, 0.2) is 40.9 Å².